The van der Waals surface area contributed by atoms with E-state index < -0.39 is 0 Å². The number of phenolic OH excluding ortho intramolecular Hbond substituents is 1. The number of amides is 3. The molecule has 0 unspecified atom stereocenters. The van der Waals surface area contributed by atoms with Crippen LogP contribution in [-0.4, -0.2) is 23.6 Å². The third kappa shape index (κ3) is 4.89. The van der Waals surface area contributed by atoms with E-state index in [1.54, 1.807) is 0 Å². The fourth-order valence-corrected chi connectivity index (χ4v) is 2.71. The average Bonchev–Trinajstić information content (AvgIpc) is 3.45. The summed E-state index contributed by atoms with van der Waals surface area (Å²) in [5.41, 5.74) is 1.70. The van der Waals surface area contributed by atoms with Crippen LogP contribution in [0.4, 0.5) is 16.2 Å². The molecule has 0 heterocycles. The summed E-state index contributed by atoms with van der Waals surface area (Å²) >= 11 is 5.99. The summed E-state index contributed by atoms with van der Waals surface area (Å²) < 4.78 is 0. The van der Waals surface area contributed by atoms with E-state index in [9.17, 15) is 14.7 Å². The first kappa shape index (κ1) is 18.1. The summed E-state index contributed by atoms with van der Waals surface area (Å²) in [5, 5.41) is 18.1. The van der Waals surface area contributed by atoms with Crippen LogP contribution in [0.3, 0.4) is 0 Å². The first-order valence-corrected chi connectivity index (χ1v) is 8.83. The molecule has 26 heavy (non-hydrogen) atoms. The second-order valence-electron chi connectivity index (χ2n) is 6.23. The molecule has 1 saturated carbocycles. The summed E-state index contributed by atoms with van der Waals surface area (Å²) in [7, 11) is 0. The highest BCUT2D eigenvalue weighted by Gasteiger charge is 2.30. The van der Waals surface area contributed by atoms with Crippen LogP contribution < -0.4 is 16.0 Å². The van der Waals surface area contributed by atoms with Crippen molar-refractivity contribution in [3.63, 3.8) is 0 Å². The van der Waals surface area contributed by atoms with Crippen molar-refractivity contribution in [3.8, 4) is 5.75 Å². The van der Waals surface area contributed by atoms with Crippen LogP contribution in [0.15, 0.2) is 42.5 Å². The predicted molar refractivity (Wildman–Crippen MR) is 102 cm³/mol. The number of carbonyl (C=O) groups is 2. The normalized spacial score (nSPS) is 13.1. The van der Waals surface area contributed by atoms with E-state index in [0.29, 0.717) is 18.7 Å². The Morgan fingerprint density at radius 2 is 1.85 bits per heavy atom. The van der Waals surface area contributed by atoms with Crippen LogP contribution in [0.5, 0.6) is 5.75 Å². The van der Waals surface area contributed by atoms with Gasteiger partial charge in [0, 0.05) is 18.2 Å². The predicted octanol–water partition coefficient (Wildman–Crippen LogP) is 3.76. The smallest absolute Gasteiger partial charge is 0.319 e. The van der Waals surface area contributed by atoms with Crippen molar-refractivity contribution >= 4 is 34.9 Å². The topological polar surface area (TPSA) is 90.5 Å². The molecule has 0 atom stereocenters. The number of aromatic hydroxyl groups is 1. The number of phenols is 1. The lowest BCUT2D eigenvalue weighted by Crippen LogP contribution is -2.30. The van der Waals surface area contributed by atoms with Crippen LogP contribution in [0.2, 0.25) is 5.02 Å². The Kier molecular flexibility index (Phi) is 5.63. The number of urea groups is 1. The number of halogens is 1. The molecule has 0 spiro atoms. The number of carbonyl (C=O) groups excluding carboxylic acids is 2. The molecule has 0 radical (unpaired) electrons. The van der Waals surface area contributed by atoms with Gasteiger partial charge in [0.1, 0.15) is 0 Å². The van der Waals surface area contributed by atoms with Crippen molar-refractivity contribution in [2.45, 2.75) is 19.3 Å². The van der Waals surface area contributed by atoms with Gasteiger partial charge in [0.25, 0.3) is 0 Å². The molecule has 6 nitrogen and oxygen atoms in total. The van der Waals surface area contributed by atoms with Crippen molar-refractivity contribution in [2.75, 3.05) is 17.2 Å². The Hall–Kier alpha value is -2.73. The third-order valence-corrected chi connectivity index (χ3v) is 4.36. The molecule has 136 valence electrons. The molecule has 2 aromatic carbocycles. The Balaban J connectivity index is 1.56. The van der Waals surface area contributed by atoms with Gasteiger partial charge in [-0.1, -0.05) is 41.9 Å². The van der Waals surface area contributed by atoms with Crippen LogP contribution in [-0.2, 0) is 11.2 Å². The van der Waals surface area contributed by atoms with Gasteiger partial charge < -0.3 is 21.1 Å². The largest absolute Gasteiger partial charge is 0.504 e. The second kappa shape index (κ2) is 8.10. The Morgan fingerprint density at radius 3 is 2.54 bits per heavy atom. The molecule has 0 saturated heterocycles. The van der Waals surface area contributed by atoms with Crippen molar-refractivity contribution < 1.29 is 14.7 Å². The van der Waals surface area contributed by atoms with Gasteiger partial charge in [-0.2, -0.15) is 0 Å². The first-order valence-electron chi connectivity index (χ1n) is 8.45. The van der Waals surface area contributed by atoms with Crippen molar-refractivity contribution in [2.24, 2.45) is 5.92 Å². The van der Waals surface area contributed by atoms with Crippen LogP contribution in [0.25, 0.3) is 0 Å². The first-order chi connectivity index (χ1) is 12.5. The number of benzene rings is 2. The molecule has 2 aromatic rings. The maximum Gasteiger partial charge on any atom is 0.319 e. The van der Waals surface area contributed by atoms with Crippen LogP contribution in [0.1, 0.15) is 18.4 Å². The van der Waals surface area contributed by atoms with E-state index in [1.165, 1.54) is 12.1 Å². The summed E-state index contributed by atoms with van der Waals surface area (Å²) in [6.45, 7) is 0.479. The number of hydrogen-bond acceptors (Lipinski definition) is 3. The molecule has 4 N–H and O–H groups in total. The molecular weight excluding hydrogens is 354 g/mol. The van der Waals surface area contributed by atoms with Gasteiger partial charge in [-0.15, -0.1) is 0 Å². The van der Waals surface area contributed by atoms with E-state index in [0.717, 1.165) is 18.4 Å². The minimum absolute atomic E-state index is 0.00826. The Labute approximate surface area is 156 Å². The molecule has 0 aliphatic heterocycles. The molecule has 1 aliphatic carbocycles. The summed E-state index contributed by atoms with van der Waals surface area (Å²) in [5.74, 6) is -0.373. The maximum absolute atomic E-state index is 12.0. The Morgan fingerprint density at radius 1 is 1.12 bits per heavy atom. The zero-order valence-electron chi connectivity index (χ0n) is 14.1. The van der Waals surface area contributed by atoms with E-state index >= 15 is 0 Å². The highest BCUT2D eigenvalue weighted by molar-refractivity contribution is 6.33. The van der Waals surface area contributed by atoms with E-state index in [2.05, 4.69) is 16.0 Å². The quantitative estimate of drug-likeness (QED) is 0.459. The summed E-state index contributed by atoms with van der Waals surface area (Å²) in [4.78, 5) is 23.9. The molecule has 7 heteroatoms. The minimum atomic E-state index is -0.387. The summed E-state index contributed by atoms with van der Waals surface area (Å²) in [6.07, 6.45) is 2.41. The maximum atomic E-state index is 12.0. The van der Waals surface area contributed by atoms with Gasteiger partial charge in [0.2, 0.25) is 5.91 Å². The highest BCUT2D eigenvalue weighted by Crippen LogP contribution is 2.37. The Bertz CT molecular complexity index is 807. The molecular formula is C19H20ClN3O3. The monoisotopic (exact) mass is 373 g/mol. The van der Waals surface area contributed by atoms with Crippen LogP contribution >= 0.6 is 11.6 Å². The number of rotatable bonds is 6. The van der Waals surface area contributed by atoms with Gasteiger partial charge >= 0.3 is 6.03 Å². The average molecular weight is 374 g/mol. The number of anilines is 2. The molecule has 1 aliphatic rings. The zero-order chi connectivity index (χ0) is 18.5. The highest BCUT2D eigenvalue weighted by atomic mass is 35.5. The van der Waals surface area contributed by atoms with Crippen LogP contribution in [0, 0.1) is 5.92 Å². The molecule has 3 amide bonds. The number of nitrogens with one attached hydrogen (secondary N) is 3. The van der Waals surface area contributed by atoms with Gasteiger partial charge in [-0.05, 0) is 37.0 Å². The fourth-order valence-electron chi connectivity index (χ4n) is 2.49. The van der Waals surface area contributed by atoms with Gasteiger partial charge in [0.05, 0.1) is 10.7 Å². The van der Waals surface area contributed by atoms with Gasteiger partial charge in [-0.25, -0.2) is 4.79 Å². The molecule has 3 rings (SSSR count). The minimum Gasteiger partial charge on any atom is -0.504 e. The fraction of sp³-hybridized carbons (Fsp3) is 0.263. The van der Waals surface area contributed by atoms with E-state index in [-0.39, 0.29) is 34.3 Å². The van der Waals surface area contributed by atoms with Crippen molar-refractivity contribution in [3.05, 3.63) is 53.1 Å². The van der Waals surface area contributed by atoms with Gasteiger partial charge in [-0.3, -0.25) is 4.79 Å². The summed E-state index contributed by atoms with van der Waals surface area (Å²) in [6, 6.07) is 12.4. The third-order valence-electron chi connectivity index (χ3n) is 4.07. The second-order valence-corrected chi connectivity index (χ2v) is 6.64. The zero-order valence-corrected chi connectivity index (χ0v) is 14.8. The van der Waals surface area contributed by atoms with E-state index in [1.807, 2.05) is 30.3 Å². The van der Waals surface area contributed by atoms with Crippen molar-refractivity contribution in [1.82, 2.24) is 5.32 Å². The lowest BCUT2D eigenvalue weighted by atomic mass is 10.1. The standard InChI is InChI=1S/C19H20ClN3O3/c20-15-10-14(11-16(17(15)24)23-18(25)13-6-7-13)22-19(26)21-9-8-12-4-2-1-3-5-12/h1-5,10-11,13,24H,6-9H2,(H,23,25)(H2,21,22,26). The SMILES string of the molecule is O=C(NCCc1ccccc1)Nc1cc(Cl)c(O)c(NC(=O)C2CC2)c1. The van der Waals surface area contributed by atoms with E-state index in [4.69, 9.17) is 11.6 Å². The van der Waals surface area contributed by atoms with Crippen molar-refractivity contribution in [1.29, 1.82) is 0 Å². The lowest BCUT2D eigenvalue weighted by molar-refractivity contribution is -0.117. The molecule has 0 bridgehead atoms. The lowest BCUT2D eigenvalue weighted by Gasteiger charge is -2.12. The molecule has 0 aromatic heterocycles. The molecule has 1 fully saturated rings. The van der Waals surface area contributed by atoms with Gasteiger partial charge in [0.15, 0.2) is 5.75 Å². The number of hydrogen-bond donors (Lipinski definition) is 4.